The van der Waals surface area contributed by atoms with Gasteiger partial charge in [-0.25, -0.2) is 15.0 Å². The molecule has 0 radical (unpaired) electrons. The van der Waals surface area contributed by atoms with E-state index in [4.69, 9.17) is 9.97 Å². The van der Waals surface area contributed by atoms with Crippen LogP contribution in [0.3, 0.4) is 0 Å². The maximum Gasteiger partial charge on any atom is 0.293 e. The SMILES string of the molecule is C=CC(=O)Nc1cc(Nc2nc(-c3ccnc(N4CCn5c(cc6c5CC(C)(C)C6)C4=O)c3CO)cn(C)c2=O)ccc1N1CCN(C2CCN(c3cccc(C(C)(C)C)n3)CC2)CC1C. The Balaban J connectivity index is 0.919. The van der Waals surface area contributed by atoms with E-state index in [1.54, 1.807) is 30.4 Å². The summed E-state index contributed by atoms with van der Waals surface area (Å²) in [6.07, 6.45) is 8.47. The Kier molecular flexibility index (Phi) is 11.9. The van der Waals surface area contributed by atoms with Crippen molar-refractivity contribution in [2.45, 2.75) is 97.9 Å². The molecule has 15 nitrogen and oxygen atoms in total. The van der Waals surface area contributed by atoms with Crippen molar-refractivity contribution >= 4 is 46.3 Å². The number of hydrogen-bond donors (Lipinski definition) is 3. The lowest BCUT2D eigenvalue weighted by Crippen LogP contribution is -2.57. The van der Waals surface area contributed by atoms with Crippen molar-refractivity contribution in [2.75, 3.05) is 64.6 Å². The highest BCUT2D eigenvalue weighted by Gasteiger charge is 2.38. The number of hydrogen-bond acceptors (Lipinski definition) is 11. The highest BCUT2D eigenvalue weighted by molar-refractivity contribution is 6.06. The molecule has 15 heteroatoms. The van der Waals surface area contributed by atoms with Gasteiger partial charge in [0.25, 0.3) is 11.5 Å². The molecule has 4 aromatic heterocycles. The van der Waals surface area contributed by atoms with E-state index in [9.17, 15) is 19.5 Å². The van der Waals surface area contributed by atoms with Gasteiger partial charge in [0.1, 0.15) is 17.3 Å². The number of nitrogens with one attached hydrogen (secondary N) is 2. The maximum atomic E-state index is 14.0. The molecule has 346 valence electrons. The first-order chi connectivity index (χ1) is 31.5. The van der Waals surface area contributed by atoms with Crippen LogP contribution in [0.4, 0.5) is 34.5 Å². The molecule has 66 heavy (non-hydrogen) atoms. The lowest BCUT2D eigenvalue weighted by atomic mass is 9.90. The number of carbonyl (C=O) groups is 2. The maximum absolute atomic E-state index is 14.0. The number of benzene rings is 1. The number of aromatic nitrogens is 5. The third kappa shape index (κ3) is 8.61. The van der Waals surface area contributed by atoms with Gasteiger partial charge in [0.05, 0.1) is 23.7 Å². The van der Waals surface area contributed by atoms with E-state index in [1.165, 1.54) is 21.9 Å². The number of piperazine rings is 1. The van der Waals surface area contributed by atoms with Crippen molar-refractivity contribution in [1.29, 1.82) is 0 Å². The highest BCUT2D eigenvalue weighted by Crippen LogP contribution is 2.41. The van der Waals surface area contributed by atoms with E-state index in [1.807, 2.05) is 24.3 Å². The highest BCUT2D eigenvalue weighted by atomic mass is 16.3. The zero-order valence-electron chi connectivity index (χ0n) is 39.4. The summed E-state index contributed by atoms with van der Waals surface area (Å²) >= 11 is 0. The minimum Gasteiger partial charge on any atom is -0.392 e. The van der Waals surface area contributed by atoms with E-state index in [0.717, 1.165) is 75.6 Å². The fourth-order valence-corrected chi connectivity index (χ4v) is 10.5. The summed E-state index contributed by atoms with van der Waals surface area (Å²) < 4.78 is 3.59. The zero-order valence-corrected chi connectivity index (χ0v) is 39.4. The number of amides is 2. The molecule has 2 amide bonds. The van der Waals surface area contributed by atoms with Gasteiger partial charge in [0.15, 0.2) is 5.82 Å². The fourth-order valence-electron chi connectivity index (χ4n) is 10.5. The van der Waals surface area contributed by atoms with Gasteiger partial charge in [0, 0.05) is 111 Å². The van der Waals surface area contributed by atoms with E-state index < -0.39 is 6.61 Å². The summed E-state index contributed by atoms with van der Waals surface area (Å²) in [5.74, 6) is 0.982. The molecule has 3 aliphatic heterocycles. The quantitative estimate of drug-likeness (QED) is 0.129. The first-order valence-electron chi connectivity index (χ1n) is 23.3. The van der Waals surface area contributed by atoms with Gasteiger partial charge < -0.3 is 34.7 Å². The van der Waals surface area contributed by atoms with Gasteiger partial charge in [-0.15, -0.1) is 0 Å². The molecule has 1 aromatic carbocycles. The van der Waals surface area contributed by atoms with Crippen molar-refractivity contribution in [3.63, 3.8) is 0 Å². The molecule has 1 atom stereocenters. The lowest BCUT2D eigenvalue weighted by Gasteiger charge is -2.47. The molecule has 2 fully saturated rings. The van der Waals surface area contributed by atoms with Crippen molar-refractivity contribution < 1.29 is 14.7 Å². The number of aliphatic hydroxyl groups is 1. The van der Waals surface area contributed by atoms with Gasteiger partial charge in [0.2, 0.25) is 5.91 Å². The predicted molar refractivity (Wildman–Crippen MR) is 261 cm³/mol. The third-order valence-electron chi connectivity index (χ3n) is 13.9. The number of aliphatic hydroxyl groups excluding tert-OH is 1. The normalized spacial score (nSPS) is 18.9. The number of pyridine rings is 2. The Labute approximate surface area is 387 Å². The van der Waals surface area contributed by atoms with Gasteiger partial charge in [-0.2, -0.15) is 0 Å². The van der Waals surface area contributed by atoms with Crippen LogP contribution >= 0.6 is 0 Å². The molecular weight excluding hydrogens is 831 g/mol. The Bertz CT molecular complexity index is 2760. The molecule has 1 unspecified atom stereocenters. The van der Waals surface area contributed by atoms with Crippen molar-refractivity contribution in [3.8, 4) is 11.3 Å². The van der Waals surface area contributed by atoms with Crippen LogP contribution in [0.25, 0.3) is 11.3 Å². The largest absolute Gasteiger partial charge is 0.392 e. The number of aryl methyl sites for hydroxylation is 1. The molecule has 0 saturated carbocycles. The first-order valence-corrected chi connectivity index (χ1v) is 23.3. The summed E-state index contributed by atoms with van der Waals surface area (Å²) in [5.41, 5.74) is 7.43. The van der Waals surface area contributed by atoms with E-state index in [2.05, 4.69) is 101 Å². The second-order valence-corrected chi connectivity index (χ2v) is 20.3. The molecule has 0 spiro atoms. The van der Waals surface area contributed by atoms with Crippen LogP contribution in [0.15, 0.2) is 78.4 Å². The minimum atomic E-state index is -0.397. The standard InChI is InChI=1S/C51H63N11O4/c1-9-45(64)54-38-26-34(13-14-40(38)60-22-21-59(29-32(60)2)35-16-19-58(20-17-35)44-12-10-11-43(56-44)50(3,4)5)53-46-49(66)57(8)30-39(55-46)36-15-18-52-47(37(36)31-63)62-24-23-61-41(48(62)65)25-33-27-51(6,7)28-42(33)61/h9-15,18,25-26,30,32,35,63H,1,16-17,19-24,27-29,31H2,2-8H3,(H,53,55)(H,54,64). The predicted octanol–water partition coefficient (Wildman–Crippen LogP) is 6.66. The topological polar surface area (TPSA) is 157 Å². The monoisotopic (exact) mass is 894 g/mol. The van der Waals surface area contributed by atoms with Gasteiger partial charge in [-0.3, -0.25) is 24.2 Å². The summed E-state index contributed by atoms with van der Waals surface area (Å²) in [5, 5.41) is 17.1. The van der Waals surface area contributed by atoms with Crippen LogP contribution < -0.4 is 30.9 Å². The number of nitrogens with zero attached hydrogens (tertiary/aromatic N) is 9. The third-order valence-corrected chi connectivity index (χ3v) is 13.9. The molecule has 7 heterocycles. The Morgan fingerprint density at radius 1 is 0.985 bits per heavy atom. The summed E-state index contributed by atoms with van der Waals surface area (Å²) in [6, 6.07) is 16.5. The minimum absolute atomic E-state index is 0.00126. The second kappa shape index (κ2) is 17.5. The molecular formula is C51H63N11O4. The molecule has 4 aliphatic rings. The van der Waals surface area contributed by atoms with Crippen molar-refractivity contribution in [2.24, 2.45) is 12.5 Å². The van der Waals surface area contributed by atoms with Gasteiger partial charge >= 0.3 is 0 Å². The summed E-state index contributed by atoms with van der Waals surface area (Å²) in [7, 11) is 1.65. The van der Waals surface area contributed by atoms with Crippen LogP contribution in [-0.2, 0) is 43.3 Å². The van der Waals surface area contributed by atoms with Gasteiger partial charge in [-0.1, -0.05) is 47.3 Å². The lowest BCUT2D eigenvalue weighted by molar-refractivity contribution is -0.111. The average Bonchev–Trinajstić information content (AvgIpc) is 3.79. The smallest absolute Gasteiger partial charge is 0.293 e. The molecule has 9 rings (SSSR count). The first kappa shape index (κ1) is 44.9. The van der Waals surface area contributed by atoms with Crippen LogP contribution in [0.1, 0.15) is 87.4 Å². The molecule has 5 aromatic rings. The molecule has 2 saturated heterocycles. The Hall–Kier alpha value is -6.32. The fraction of sp³-hybridized carbons (Fsp3) is 0.451. The second-order valence-electron chi connectivity index (χ2n) is 20.3. The van der Waals surface area contributed by atoms with Gasteiger partial charge in [-0.05, 0) is 92.1 Å². The Morgan fingerprint density at radius 3 is 2.50 bits per heavy atom. The number of carbonyl (C=O) groups excluding carboxylic acids is 2. The van der Waals surface area contributed by atoms with Crippen LogP contribution in [0, 0.1) is 5.41 Å². The van der Waals surface area contributed by atoms with Crippen molar-refractivity contribution in [1.82, 2.24) is 29.0 Å². The average molecular weight is 894 g/mol. The number of piperidine rings is 1. The summed E-state index contributed by atoms with van der Waals surface area (Å²) in [4.78, 5) is 64.0. The van der Waals surface area contributed by atoms with Crippen LogP contribution in [0.2, 0.25) is 0 Å². The number of fused-ring (bicyclic) bond motifs is 3. The Morgan fingerprint density at radius 2 is 1.77 bits per heavy atom. The van der Waals surface area contributed by atoms with Crippen molar-refractivity contribution in [3.05, 3.63) is 112 Å². The number of anilines is 6. The molecule has 1 aliphatic carbocycles. The number of rotatable bonds is 10. The van der Waals surface area contributed by atoms with E-state index >= 15 is 0 Å². The zero-order chi connectivity index (χ0) is 46.7. The van der Waals surface area contributed by atoms with E-state index in [-0.39, 0.29) is 40.1 Å². The summed E-state index contributed by atoms with van der Waals surface area (Å²) in [6.45, 7) is 22.2. The van der Waals surface area contributed by atoms with Crippen LogP contribution in [0.5, 0.6) is 0 Å². The molecule has 0 bridgehead atoms. The van der Waals surface area contributed by atoms with E-state index in [0.29, 0.717) is 58.8 Å². The van der Waals surface area contributed by atoms with Crippen LogP contribution in [-0.4, -0.2) is 97.3 Å². The molecule has 3 N–H and O–H groups in total.